The van der Waals surface area contributed by atoms with Gasteiger partial charge in [-0.05, 0) is 24.7 Å². The monoisotopic (exact) mass is 154 g/mol. The van der Waals surface area contributed by atoms with Gasteiger partial charge in [0, 0.05) is 6.54 Å². The molecule has 60 valence electrons. The van der Waals surface area contributed by atoms with Crippen LogP contribution in [0.4, 0.5) is 10.1 Å². The van der Waals surface area contributed by atoms with Gasteiger partial charge in [-0.1, -0.05) is 6.07 Å². The lowest BCUT2D eigenvalue weighted by Crippen LogP contribution is -2.05. The summed E-state index contributed by atoms with van der Waals surface area (Å²) in [6, 6.07) is 4.72. The van der Waals surface area contributed by atoms with Gasteiger partial charge in [0.25, 0.3) is 0 Å². The minimum Gasteiger partial charge on any atom is -0.396 e. The zero-order valence-electron chi connectivity index (χ0n) is 6.39. The van der Waals surface area contributed by atoms with Crippen LogP contribution in [0.15, 0.2) is 18.2 Å². The molecule has 1 rings (SSSR count). The summed E-state index contributed by atoms with van der Waals surface area (Å²) in [5, 5.41) is 2.95. The quantitative estimate of drug-likeness (QED) is 0.626. The van der Waals surface area contributed by atoms with Crippen molar-refractivity contribution in [2.24, 2.45) is 0 Å². The zero-order chi connectivity index (χ0) is 8.27. The number of benzene rings is 1. The van der Waals surface area contributed by atoms with Gasteiger partial charge in [0.2, 0.25) is 0 Å². The van der Waals surface area contributed by atoms with Crippen molar-refractivity contribution in [3.8, 4) is 0 Å². The largest absolute Gasteiger partial charge is 0.396 e. The predicted molar refractivity (Wildman–Crippen MR) is 43.6 cm³/mol. The smallest absolute Gasteiger partial charge is 0.146 e. The van der Waals surface area contributed by atoms with Gasteiger partial charge in [-0.25, -0.2) is 4.39 Å². The molecule has 0 aromatic heterocycles. The Bertz CT molecular complexity index is 248. The first kappa shape index (κ1) is 8.01. The molecule has 11 heavy (non-hydrogen) atoms. The fourth-order valence-electron chi connectivity index (χ4n) is 0.907. The number of halogens is 1. The van der Waals surface area contributed by atoms with Crippen LogP contribution < -0.4 is 11.1 Å². The Morgan fingerprint density at radius 1 is 1.55 bits per heavy atom. The topological polar surface area (TPSA) is 38.0 Å². The van der Waals surface area contributed by atoms with E-state index in [1.54, 1.807) is 12.1 Å². The third kappa shape index (κ3) is 1.91. The van der Waals surface area contributed by atoms with Gasteiger partial charge >= 0.3 is 0 Å². The number of anilines is 1. The summed E-state index contributed by atoms with van der Waals surface area (Å²) in [7, 11) is 1.83. The highest BCUT2D eigenvalue weighted by Crippen LogP contribution is 2.11. The molecule has 0 saturated heterocycles. The summed E-state index contributed by atoms with van der Waals surface area (Å²) < 4.78 is 12.6. The molecular weight excluding hydrogens is 143 g/mol. The normalized spacial score (nSPS) is 10.0. The molecule has 0 spiro atoms. The molecule has 0 saturated carbocycles. The van der Waals surface area contributed by atoms with E-state index in [4.69, 9.17) is 5.73 Å². The Morgan fingerprint density at radius 2 is 2.27 bits per heavy atom. The second-order valence-electron chi connectivity index (χ2n) is 2.39. The standard InChI is InChI=1S/C8H11FN2/c1-11-5-6-2-3-7(9)8(10)4-6/h2-4,11H,5,10H2,1H3. The number of hydrogen-bond acceptors (Lipinski definition) is 2. The van der Waals surface area contributed by atoms with Crippen LogP contribution in [0, 0.1) is 5.82 Å². The van der Waals surface area contributed by atoms with E-state index in [0.717, 1.165) is 5.56 Å². The SMILES string of the molecule is CNCc1ccc(F)c(N)c1. The summed E-state index contributed by atoms with van der Waals surface area (Å²) in [5.41, 5.74) is 6.55. The van der Waals surface area contributed by atoms with Crippen LogP contribution in [-0.2, 0) is 6.54 Å². The molecule has 0 fully saturated rings. The van der Waals surface area contributed by atoms with Crippen molar-refractivity contribution in [2.75, 3.05) is 12.8 Å². The Kier molecular flexibility index (Phi) is 2.44. The van der Waals surface area contributed by atoms with Crippen molar-refractivity contribution < 1.29 is 4.39 Å². The van der Waals surface area contributed by atoms with Crippen molar-refractivity contribution in [1.82, 2.24) is 5.32 Å². The highest BCUT2D eigenvalue weighted by molar-refractivity contribution is 5.42. The minimum absolute atomic E-state index is 0.206. The number of nitrogen functional groups attached to an aromatic ring is 1. The fraction of sp³-hybridized carbons (Fsp3) is 0.250. The maximum Gasteiger partial charge on any atom is 0.146 e. The Balaban J connectivity index is 2.86. The average molecular weight is 154 g/mol. The zero-order valence-corrected chi connectivity index (χ0v) is 6.39. The fourth-order valence-corrected chi connectivity index (χ4v) is 0.907. The molecule has 0 aliphatic carbocycles. The van der Waals surface area contributed by atoms with E-state index in [0.29, 0.717) is 6.54 Å². The molecule has 0 radical (unpaired) electrons. The summed E-state index contributed by atoms with van der Waals surface area (Å²) in [6.45, 7) is 0.713. The lowest BCUT2D eigenvalue weighted by molar-refractivity contribution is 0.631. The Hall–Kier alpha value is -1.09. The van der Waals surface area contributed by atoms with Crippen molar-refractivity contribution in [3.05, 3.63) is 29.6 Å². The van der Waals surface area contributed by atoms with Gasteiger partial charge in [0.1, 0.15) is 5.82 Å². The van der Waals surface area contributed by atoms with Crippen molar-refractivity contribution >= 4 is 5.69 Å². The highest BCUT2D eigenvalue weighted by Gasteiger charge is 1.97. The molecule has 1 aromatic rings. The molecule has 0 unspecified atom stereocenters. The van der Waals surface area contributed by atoms with Gasteiger partial charge in [-0.2, -0.15) is 0 Å². The van der Waals surface area contributed by atoms with Gasteiger partial charge < -0.3 is 11.1 Å². The molecule has 0 heterocycles. The molecule has 0 amide bonds. The van der Waals surface area contributed by atoms with Crippen LogP contribution in [0.1, 0.15) is 5.56 Å². The van der Waals surface area contributed by atoms with Gasteiger partial charge in [-0.15, -0.1) is 0 Å². The van der Waals surface area contributed by atoms with Crippen LogP contribution in [0.2, 0.25) is 0 Å². The van der Waals surface area contributed by atoms with Crippen LogP contribution in [0.25, 0.3) is 0 Å². The first-order valence-electron chi connectivity index (χ1n) is 3.42. The average Bonchev–Trinajstić information content (AvgIpc) is 1.98. The molecular formula is C8H11FN2. The highest BCUT2D eigenvalue weighted by atomic mass is 19.1. The third-order valence-electron chi connectivity index (χ3n) is 1.44. The number of rotatable bonds is 2. The van der Waals surface area contributed by atoms with Crippen molar-refractivity contribution in [3.63, 3.8) is 0 Å². The Labute approximate surface area is 65.2 Å². The predicted octanol–water partition coefficient (Wildman–Crippen LogP) is 1.13. The molecule has 0 bridgehead atoms. The molecule has 0 atom stereocenters. The first-order valence-corrected chi connectivity index (χ1v) is 3.42. The maximum absolute atomic E-state index is 12.6. The van der Waals surface area contributed by atoms with Crippen molar-refractivity contribution in [2.45, 2.75) is 6.54 Å². The van der Waals surface area contributed by atoms with Gasteiger partial charge in [0.05, 0.1) is 5.69 Å². The van der Waals surface area contributed by atoms with E-state index < -0.39 is 0 Å². The van der Waals surface area contributed by atoms with E-state index in [9.17, 15) is 4.39 Å². The van der Waals surface area contributed by atoms with E-state index in [1.807, 2.05) is 7.05 Å². The molecule has 3 heteroatoms. The molecule has 1 aromatic carbocycles. The van der Waals surface area contributed by atoms with Crippen LogP contribution in [-0.4, -0.2) is 7.05 Å². The minimum atomic E-state index is -0.357. The third-order valence-corrected chi connectivity index (χ3v) is 1.44. The Morgan fingerprint density at radius 3 is 2.82 bits per heavy atom. The van der Waals surface area contributed by atoms with E-state index in [1.165, 1.54) is 6.07 Å². The lowest BCUT2D eigenvalue weighted by atomic mass is 10.2. The van der Waals surface area contributed by atoms with Crippen LogP contribution in [0.5, 0.6) is 0 Å². The second-order valence-corrected chi connectivity index (χ2v) is 2.39. The summed E-state index contributed by atoms with van der Waals surface area (Å²) in [6.07, 6.45) is 0. The van der Waals surface area contributed by atoms with Gasteiger partial charge in [0.15, 0.2) is 0 Å². The maximum atomic E-state index is 12.6. The summed E-state index contributed by atoms with van der Waals surface area (Å²) >= 11 is 0. The number of nitrogens with two attached hydrogens (primary N) is 1. The summed E-state index contributed by atoms with van der Waals surface area (Å²) in [5.74, 6) is -0.357. The molecule has 0 aliphatic rings. The molecule has 0 aliphatic heterocycles. The lowest BCUT2D eigenvalue weighted by Gasteiger charge is -2.01. The van der Waals surface area contributed by atoms with Crippen molar-refractivity contribution in [1.29, 1.82) is 0 Å². The second kappa shape index (κ2) is 3.34. The number of nitrogens with one attached hydrogen (secondary N) is 1. The first-order chi connectivity index (χ1) is 5.24. The number of hydrogen-bond donors (Lipinski definition) is 2. The van der Waals surface area contributed by atoms with Crippen LogP contribution in [0.3, 0.4) is 0 Å². The van der Waals surface area contributed by atoms with E-state index in [2.05, 4.69) is 5.32 Å². The van der Waals surface area contributed by atoms with Gasteiger partial charge in [-0.3, -0.25) is 0 Å². The van der Waals surface area contributed by atoms with E-state index >= 15 is 0 Å². The molecule has 3 N–H and O–H groups in total. The van der Waals surface area contributed by atoms with E-state index in [-0.39, 0.29) is 11.5 Å². The van der Waals surface area contributed by atoms with Crippen LogP contribution >= 0.6 is 0 Å². The molecule has 2 nitrogen and oxygen atoms in total. The summed E-state index contributed by atoms with van der Waals surface area (Å²) in [4.78, 5) is 0.